The molecule has 0 bridgehead atoms. The highest BCUT2D eigenvalue weighted by atomic mass is 32.2. The minimum Gasteiger partial charge on any atom is -0.748 e. The Labute approximate surface area is 220 Å². The predicted octanol–water partition coefficient (Wildman–Crippen LogP) is 3.96. The van der Waals surface area contributed by atoms with E-state index in [2.05, 4.69) is 25.2 Å². The fourth-order valence-corrected chi connectivity index (χ4v) is 4.86. The third kappa shape index (κ3) is 7.52. The molecule has 0 aliphatic carbocycles. The summed E-state index contributed by atoms with van der Waals surface area (Å²) in [6.45, 7) is 3.75. The Balaban J connectivity index is 1.56. The van der Waals surface area contributed by atoms with E-state index >= 15 is 0 Å². The van der Waals surface area contributed by atoms with E-state index in [-0.39, 0.29) is 11.8 Å². The zero-order valence-electron chi connectivity index (χ0n) is 20.2. The quantitative estimate of drug-likeness (QED) is 0.202. The third-order valence-electron chi connectivity index (χ3n) is 5.61. The van der Waals surface area contributed by atoms with Crippen LogP contribution in [0, 0.1) is 6.92 Å². The Bertz CT molecular complexity index is 1330. The van der Waals surface area contributed by atoms with E-state index in [0.29, 0.717) is 24.4 Å². The summed E-state index contributed by atoms with van der Waals surface area (Å²) >= 11 is -1.18. The number of thiazole rings is 1. The van der Waals surface area contributed by atoms with Crippen molar-refractivity contribution in [1.29, 1.82) is 0 Å². The zero-order valence-corrected chi connectivity index (χ0v) is 21.9. The molecule has 1 amide bonds. The van der Waals surface area contributed by atoms with E-state index in [4.69, 9.17) is 9.51 Å². The summed E-state index contributed by atoms with van der Waals surface area (Å²) in [6.07, 6.45) is 1.66. The maximum Gasteiger partial charge on any atom is 0.239 e. The van der Waals surface area contributed by atoms with Gasteiger partial charge in [0.15, 0.2) is 5.82 Å². The van der Waals surface area contributed by atoms with Crippen molar-refractivity contribution in [3.63, 3.8) is 0 Å². The number of anilines is 1. The summed E-state index contributed by atoms with van der Waals surface area (Å²) in [5.41, 5.74) is 5.66. The van der Waals surface area contributed by atoms with Crippen molar-refractivity contribution in [1.82, 2.24) is 20.4 Å². The molecule has 2 unspecified atom stereocenters. The molecule has 0 radical (unpaired) electrons. The van der Waals surface area contributed by atoms with Crippen molar-refractivity contribution in [2.45, 2.75) is 45.1 Å². The summed E-state index contributed by atoms with van der Waals surface area (Å²) in [6, 6.07) is 16.3. The van der Waals surface area contributed by atoms with Crippen LogP contribution in [0.2, 0.25) is 0 Å². The second-order valence-electron chi connectivity index (χ2n) is 8.30. The summed E-state index contributed by atoms with van der Waals surface area (Å²) in [4.78, 5) is 22.7. The number of hydrogen-bond acceptors (Lipinski definition) is 10. The van der Waals surface area contributed by atoms with Crippen LogP contribution in [0.1, 0.15) is 52.4 Å². The summed E-state index contributed by atoms with van der Waals surface area (Å²) in [5, 5.41) is 9.83. The van der Waals surface area contributed by atoms with Crippen molar-refractivity contribution in [3.8, 4) is 0 Å². The first-order valence-corrected chi connectivity index (χ1v) is 13.5. The van der Waals surface area contributed by atoms with Crippen LogP contribution < -0.4 is 10.8 Å². The van der Waals surface area contributed by atoms with Crippen molar-refractivity contribution in [2.75, 3.05) is 5.48 Å². The number of carbonyl (C=O) groups is 1. The van der Waals surface area contributed by atoms with Gasteiger partial charge in [-0.05, 0) is 49.4 Å². The van der Waals surface area contributed by atoms with Crippen LogP contribution in [0.4, 0.5) is 5.69 Å². The van der Waals surface area contributed by atoms with Gasteiger partial charge >= 0.3 is 0 Å². The van der Waals surface area contributed by atoms with Gasteiger partial charge in [0.05, 0.1) is 17.4 Å². The van der Waals surface area contributed by atoms with E-state index in [1.54, 1.807) is 19.1 Å². The SMILES string of the molecule is CCc1csc([C@H](Cc2ccc(NOS(=O)[O-])cc2)NC(=O)C(Cc2ccccc2)c2nc(C)no2)n1. The van der Waals surface area contributed by atoms with Gasteiger partial charge in [0.25, 0.3) is 0 Å². The minimum absolute atomic E-state index is 0.240. The maximum absolute atomic E-state index is 13.7. The van der Waals surface area contributed by atoms with Crippen LogP contribution in [0.15, 0.2) is 64.5 Å². The monoisotopic (exact) mass is 540 g/mol. The van der Waals surface area contributed by atoms with Crippen molar-refractivity contribution >= 4 is 34.3 Å². The third-order valence-corrected chi connectivity index (χ3v) is 6.83. The van der Waals surface area contributed by atoms with E-state index in [0.717, 1.165) is 28.2 Å². The van der Waals surface area contributed by atoms with E-state index in [9.17, 15) is 13.6 Å². The molecule has 2 heterocycles. The molecular weight excluding hydrogens is 514 g/mol. The Morgan fingerprint density at radius 2 is 1.84 bits per heavy atom. The van der Waals surface area contributed by atoms with Crippen LogP contribution in [-0.2, 0) is 39.7 Å². The molecule has 2 aromatic carbocycles. The van der Waals surface area contributed by atoms with Crippen LogP contribution in [-0.4, -0.2) is 29.8 Å². The molecule has 0 aliphatic rings. The van der Waals surface area contributed by atoms with E-state index in [1.807, 2.05) is 54.8 Å². The van der Waals surface area contributed by atoms with Gasteiger partial charge in [-0.15, -0.1) is 11.3 Å². The summed E-state index contributed by atoms with van der Waals surface area (Å²) < 4.78 is 31.0. The second kappa shape index (κ2) is 12.7. The average molecular weight is 541 g/mol. The van der Waals surface area contributed by atoms with Gasteiger partial charge in [-0.3, -0.25) is 10.3 Å². The smallest absolute Gasteiger partial charge is 0.239 e. The van der Waals surface area contributed by atoms with Gasteiger partial charge < -0.3 is 14.4 Å². The molecular formula is C25H26N5O5S2-. The number of nitrogens with one attached hydrogen (secondary N) is 2. The Kier molecular flexibility index (Phi) is 9.12. The van der Waals surface area contributed by atoms with Crippen LogP contribution >= 0.6 is 11.3 Å². The zero-order chi connectivity index (χ0) is 26.2. The van der Waals surface area contributed by atoms with Crippen LogP contribution in [0.3, 0.4) is 0 Å². The molecule has 0 fully saturated rings. The molecule has 4 aromatic rings. The second-order valence-corrected chi connectivity index (χ2v) is 9.77. The highest BCUT2D eigenvalue weighted by molar-refractivity contribution is 7.74. The van der Waals surface area contributed by atoms with Crippen molar-refractivity contribution in [2.24, 2.45) is 0 Å². The fraction of sp³-hybridized carbons (Fsp3) is 0.280. The largest absolute Gasteiger partial charge is 0.748 e. The number of rotatable bonds is 12. The van der Waals surface area contributed by atoms with Crippen LogP contribution in [0.5, 0.6) is 0 Å². The van der Waals surface area contributed by atoms with Gasteiger partial charge in [-0.25, -0.2) is 9.19 Å². The topological polar surface area (TPSA) is 142 Å². The number of nitrogens with zero attached hydrogens (tertiary/aromatic N) is 3. The van der Waals surface area contributed by atoms with Crippen molar-refractivity contribution < 1.29 is 22.4 Å². The first kappa shape index (κ1) is 26.6. The molecule has 0 saturated heterocycles. The molecule has 0 saturated carbocycles. The van der Waals surface area contributed by atoms with Gasteiger partial charge in [-0.2, -0.15) is 9.27 Å². The number of carbonyl (C=O) groups excluding carboxylic acids is 1. The van der Waals surface area contributed by atoms with Gasteiger partial charge in [0.1, 0.15) is 22.3 Å². The molecule has 0 spiro atoms. The highest BCUT2D eigenvalue weighted by Gasteiger charge is 2.30. The molecule has 4 rings (SSSR count). The Morgan fingerprint density at radius 3 is 2.46 bits per heavy atom. The lowest BCUT2D eigenvalue weighted by Crippen LogP contribution is -2.35. The number of hydrogen-bond donors (Lipinski definition) is 2. The number of aromatic nitrogens is 3. The molecule has 12 heteroatoms. The molecule has 10 nitrogen and oxygen atoms in total. The van der Waals surface area contributed by atoms with Crippen LogP contribution in [0.25, 0.3) is 0 Å². The summed E-state index contributed by atoms with van der Waals surface area (Å²) in [7, 11) is 0. The standard InChI is InChI=1S/C25H27N5O5S2/c1-3-19-15-36-25(27-19)22(14-18-9-11-20(12-10-18)30-35-37(32)33)28-23(31)21(24-26-16(2)29-34-24)13-17-7-5-4-6-8-17/h4-12,15,21-22,30H,3,13-14H2,1-2H3,(H,28,31)(H,32,33)/p-1/t21?,22-/m0/s1. The first-order chi connectivity index (χ1) is 17.9. The molecule has 2 aromatic heterocycles. The van der Waals surface area contributed by atoms with E-state index in [1.165, 1.54) is 11.3 Å². The van der Waals surface area contributed by atoms with Crippen molar-refractivity contribution in [3.05, 3.63) is 93.5 Å². The fourth-order valence-electron chi connectivity index (χ4n) is 3.74. The lowest BCUT2D eigenvalue weighted by molar-refractivity contribution is -0.123. The van der Waals surface area contributed by atoms with Gasteiger partial charge in [0, 0.05) is 5.38 Å². The molecule has 194 valence electrons. The highest BCUT2D eigenvalue weighted by Crippen LogP contribution is 2.26. The van der Waals surface area contributed by atoms with Gasteiger partial charge in [0.2, 0.25) is 11.8 Å². The Hall–Kier alpha value is -3.45. The molecule has 0 aliphatic heterocycles. The molecule has 37 heavy (non-hydrogen) atoms. The number of amides is 1. The molecule has 2 N–H and O–H groups in total. The lowest BCUT2D eigenvalue weighted by atomic mass is 9.97. The maximum atomic E-state index is 13.7. The number of aryl methyl sites for hydroxylation is 2. The molecule has 3 atom stereocenters. The summed E-state index contributed by atoms with van der Waals surface area (Å²) in [5.74, 6) is -0.190. The Morgan fingerprint density at radius 1 is 1.11 bits per heavy atom. The van der Waals surface area contributed by atoms with E-state index < -0.39 is 23.3 Å². The lowest BCUT2D eigenvalue weighted by Gasteiger charge is -2.20. The average Bonchev–Trinajstić information content (AvgIpc) is 3.56. The first-order valence-electron chi connectivity index (χ1n) is 11.6. The number of benzene rings is 2. The normalized spacial score (nSPS) is 13.6. The minimum atomic E-state index is -2.68. The predicted molar refractivity (Wildman–Crippen MR) is 138 cm³/mol. The van der Waals surface area contributed by atoms with Gasteiger partial charge in [-0.1, -0.05) is 54.5 Å².